The summed E-state index contributed by atoms with van der Waals surface area (Å²) in [5.74, 6) is 1.26. The number of hydrogen-bond donors (Lipinski definition) is 2. The molecule has 1 atom stereocenters. The number of nitrogens with zero attached hydrogens (tertiary/aromatic N) is 3. The first kappa shape index (κ1) is 19.2. The predicted molar refractivity (Wildman–Crippen MR) is 124 cm³/mol. The molecule has 3 heterocycles. The van der Waals surface area contributed by atoms with Crippen molar-refractivity contribution in [1.82, 2.24) is 20.3 Å². The highest BCUT2D eigenvalue weighted by molar-refractivity contribution is 7.18. The highest BCUT2D eigenvalue weighted by Crippen LogP contribution is 2.37. The predicted octanol–water partition coefficient (Wildman–Crippen LogP) is 3.95. The highest BCUT2D eigenvalue weighted by atomic mass is 32.1. The standard InChI is InChI=1S/C24H21N5O2S/c25-24-26-8-7-18(29-24)13-1-5-19-21(11-13)32-23(28-19)16-10-15-9-14(2-6-20(15)31-12-16)22(30)27-17-3-4-17/h1-2,5-9,11,16-17H,3-4,10,12H2,(H,27,30)(H2,25,26,29). The van der Waals surface area contributed by atoms with Crippen molar-refractivity contribution in [3.63, 3.8) is 0 Å². The van der Waals surface area contributed by atoms with Crippen LogP contribution in [0, 0.1) is 0 Å². The zero-order valence-corrected chi connectivity index (χ0v) is 18.1. The second-order valence-corrected chi connectivity index (χ2v) is 9.38. The van der Waals surface area contributed by atoms with Gasteiger partial charge in [0.05, 0.1) is 22.5 Å². The summed E-state index contributed by atoms with van der Waals surface area (Å²) in [7, 11) is 0. The van der Waals surface area contributed by atoms with Crippen molar-refractivity contribution in [3.05, 3.63) is 64.8 Å². The molecule has 8 heteroatoms. The number of benzene rings is 2. The van der Waals surface area contributed by atoms with Crippen molar-refractivity contribution in [2.75, 3.05) is 12.3 Å². The summed E-state index contributed by atoms with van der Waals surface area (Å²) in [5.41, 5.74) is 10.2. The fraction of sp³-hybridized carbons (Fsp3) is 0.250. The molecule has 0 spiro atoms. The van der Waals surface area contributed by atoms with Crippen LogP contribution in [0.3, 0.4) is 0 Å². The number of nitrogen functional groups attached to an aromatic ring is 1. The molecule has 1 unspecified atom stereocenters. The molecule has 2 aromatic heterocycles. The number of ether oxygens (including phenoxy) is 1. The van der Waals surface area contributed by atoms with Gasteiger partial charge >= 0.3 is 0 Å². The number of hydrogen-bond acceptors (Lipinski definition) is 7. The van der Waals surface area contributed by atoms with Gasteiger partial charge in [0.2, 0.25) is 5.95 Å². The quantitative estimate of drug-likeness (QED) is 0.495. The molecular weight excluding hydrogens is 422 g/mol. The Hall–Kier alpha value is -3.52. The molecule has 0 bridgehead atoms. The number of thiazole rings is 1. The van der Waals surface area contributed by atoms with Crippen LogP contribution >= 0.6 is 11.3 Å². The molecule has 160 valence electrons. The molecule has 4 aromatic rings. The SMILES string of the molecule is Nc1nccc(-c2ccc3nc(C4COc5ccc(C(=O)NC6CC6)cc5C4)sc3c2)n1. The maximum Gasteiger partial charge on any atom is 0.251 e. The van der Waals surface area contributed by atoms with Crippen molar-refractivity contribution in [2.45, 2.75) is 31.2 Å². The zero-order chi connectivity index (χ0) is 21.7. The zero-order valence-electron chi connectivity index (χ0n) is 17.2. The summed E-state index contributed by atoms with van der Waals surface area (Å²) < 4.78 is 7.12. The molecule has 1 fully saturated rings. The maximum atomic E-state index is 12.4. The van der Waals surface area contributed by atoms with E-state index >= 15 is 0 Å². The van der Waals surface area contributed by atoms with Gasteiger partial charge in [0.25, 0.3) is 5.91 Å². The third-order valence-electron chi connectivity index (χ3n) is 5.87. The Balaban J connectivity index is 1.26. The highest BCUT2D eigenvalue weighted by Gasteiger charge is 2.27. The van der Waals surface area contributed by atoms with Gasteiger partial charge in [0.15, 0.2) is 0 Å². The Morgan fingerprint density at radius 3 is 2.88 bits per heavy atom. The monoisotopic (exact) mass is 443 g/mol. The van der Waals surface area contributed by atoms with Crippen molar-refractivity contribution in [1.29, 1.82) is 0 Å². The van der Waals surface area contributed by atoms with Crippen molar-refractivity contribution < 1.29 is 9.53 Å². The number of anilines is 1. The van der Waals surface area contributed by atoms with Crippen LogP contribution in [-0.2, 0) is 6.42 Å². The van der Waals surface area contributed by atoms with E-state index in [2.05, 4.69) is 21.4 Å². The van der Waals surface area contributed by atoms with Crippen molar-refractivity contribution in [3.8, 4) is 17.0 Å². The smallest absolute Gasteiger partial charge is 0.251 e. The summed E-state index contributed by atoms with van der Waals surface area (Å²) >= 11 is 1.67. The number of nitrogens with two attached hydrogens (primary N) is 1. The second-order valence-electron chi connectivity index (χ2n) is 8.32. The van der Waals surface area contributed by atoms with Crippen LogP contribution < -0.4 is 15.8 Å². The van der Waals surface area contributed by atoms with Crippen LogP contribution in [0.5, 0.6) is 5.75 Å². The molecule has 0 radical (unpaired) electrons. The van der Waals surface area contributed by atoms with Gasteiger partial charge in [0, 0.05) is 29.3 Å². The first-order valence-corrected chi connectivity index (χ1v) is 11.5. The van der Waals surface area contributed by atoms with E-state index in [-0.39, 0.29) is 17.8 Å². The van der Waals surface area contributed by atoms with E-state index in [0.29, 0.717) is 18.2 Å². The molecule has 7 nitrogen and oxygen atoms in total. The number of nitrogens with one attached hydrogen (secondary N) is 1. The van der Waals surface area contributed by atoms with E-state index in [9.17, 15) is 4.79 Å². The summed E-state index contributed by atoms with van der Waals surface area (Å²) in [4.78, 5) is 25.6. The number of rotatable bonds is 4. The summed E-state index contributed by atoms with van der Waals surface area (Å²) in [6.07, 6.45) is 4.61. The first-order chi connectivity index (χ1) is 15.6. The number of amides is 1. The van der Waals surface area contributed by atoms with Crippen LogP contribution in [0.15, 0.2) is 48.7 Å². The van der Waals surface area contributed by atoms with Gasteiger partial charge in [-0.15, -0.1) is 11.3 Å². The minimum Gasteiger partial charge on any atom is -0.493 e. The van der Waals surface area contributed by atoms with Gasteiger partial charge in [0.1, 0.15) is 10.8 Å². The summed E-state index contributed by atoms with van der Waals surface area (Å²) in [5, 5.41) is 4.09. The Morgan fingerprint density at radius 2 is 2.03 bits per heavy atom. The second kappa shape index (κ2) is 7.56. The minimum atomic E-state index is -0.00435. The Labute approximate surface area is 188 Å². The molecule has 6 rings (SSSR count). The summed E-state index contributed by atoms with van der Waals surface area (Å²) in [6.45, 7) is 0.579. The van der Waals surface area contributed by atoms with E-state index in [1.807, 2.05) is 36.4 Å². The fourth-order valence-corrected chi connectivity index (χ4v) is 5.09. The molecule has 1 amide bonds. The van der Waals surface area contributed by atoms with Crippen molar-refractivity contribution in [2.24, 2.45) is 0 Å². The number of carbonyl (C=O) groups excluding carboxylic acids is 1. The molecule has 2 aromatic carbocycles. The molecule has 2 aliphatic rings. The van der Waals surface area contributed by atoms with Gasteiger partial charge < -0.3 is 15.8 Å². The molecule has 1 aliphatic carbocycles. The maximum absolute atomic E-state index is 12.4. The van der Waals surface area contributed by atoms with Crippen LogP contribution in [-0.4, -0.2) is 33.5 Å². The van der Waals surface area contributed by atoms with Crippen LogP contribution in [0.25, 0.3) is 21.5 Å². The van der Waals surface area contributed by atoms with Gasteiger partial charge in [-0.2, -0.15) is 0 Å². The topological polar surface area (TPSA) is 103 Å². The Bertz CT molecular complexity index is 1350. The molecule has 1 aliphatic heterocycles. The molecule has 1 saturated carbocycles. The lowest BCUT2D eigenvalue weighted by Crippen LogP contribution is -2.26. The average molecular weight is 444 g/mol. The minimum absolute atomic E-state index is 0.00435. The van der Waals surface area contributed by atoms with E-state index in [4.69, 9.17) is 15.5 Å². The number of carbonyl (C=O) groups is 1. The average Bonchev–Trinajstić information content (AvgIpc) is 3.52. The molecule has 32 heavy (non-hydrogen) atoms. The molecule has 0 saturated heterocycles. The van der Waals surface area contributed by atoms with E-state index < -0.39 is 0 Å². The lowest BCUT2D eigenvalue weighted by Gasteiger charge is -2.24. The third kappa shape index (κ3) is 3.67. The summed E-state index contributed by atoms with van der Waals surface area (Å²) in [6, 6.07) is 14.0. The van der Waals surface area contributed by atoms with Gasteiger partial charge in [-0.25, -0.2) is 15.0 Å². The van der Waals surface area contributed by atoms with Gasteiger partial charge in [-0.05, 0) is 61.2 Å². The first-order valence-electron chi connectivity index (χ1n) is 10.7. The van der Waals surface area contributed by atoms with Crippen LogP contribution in [0.1, 0.15) is 39.7 Å². The van der Waals surface area contributed by atoms with E-state index in [1.165, 1.54) is 0 Å². The number of fused-ring (bicyclic) bond motifs is 2. The molecular formula is C24H21N5O2S. The fourth-order valence-electron chi connectivity index (χ4n) is 4.00. The van der Waals surface area contributed by atoms with Crippen LogP contribution in [0.4, 0.5) is 5.95 Å². The Morgan fingerprint density at radius 1 is 1.12 bits per heavy atom. The lowest BCUT2D eigenvalue weighted by atomic mass is 9.95. The van der Waals surface area contributed by atoms with Gasteiger partial charge in [-0.1, -0.05) is 6.07 Å². The van der Waals surface area contributed by atoms with E-state index in [0.717, 1.165) is 57.1 Å². The van der Waals surface area contributed by atoms with E-state index in [1.54, 1.807) is 17.5 Å². The lowest BCUT2D eigenvalue weighted by molar-refractivity contribution is 0.0951. The normalized spacial score (nSPS) is 17.6. The molecule has 3 N–H and O–H groups in total. The Kier molecular flexibility index (Phi) is 4.53. The third-order valence-corrected chi connectivity index (χ3v) is 7.05. The van der Waals surface area contributed by atoms with Crippen molar-refractivity contribution >= 4 is 33.4 Å². The van der Waals surface area contributed by atoms with Crippen LogP contribution in [0.2, 0.25) is 0 Å². The largest absolute Gasteiger partial charge is 0.493 e. The number of aromatic nitrogens is 3. The van der Waals surface area contributed by atoms with Gasteiger partial charge in [-0.3, -0.25) is 4.79 Å².